The molecule has 0 amide bonds. The third kappa shape index (κ3) is 2.13. The van der Waals surface area contributed by atoms with Gasteiger partial charge in [-0.1, -0.05) is 27.2 Å². The Morgan fingerprint density at radius 1 is 1.30 bits per heavy atom. The molecule has 20 heavy (non-hydrogen) atoms. The van der Waals surface area contributed by atoms with Gasteiger partial charge < -0.3 is 14.9 Å². The molecule has 0 spiro atoms. The SMILES string of the molecule is COc1cc(C(C)(C)C)c(O)cc1C1(C(=O)O)CCC1. The molecule has 110 valence electrons. The van der Waals surface area contributed by atoms with Crippen molar-refractivity contribution in [1.29, 1.82) is 0 Å². The Bertz CT molecular complexity index is 536. The molecule has 2 N–H and O–H groups in total. The molecular weight excluding hydrogens is 256 g/mol. The van der Waals surface area contributed by atoms with Gasteiger partial charge in [-0.3, -0.25) is 4.79 Å². The Labute approximate surface area is 119 Å². The maximum Gasteiger partial charge on any atom is 0.314 e. The summed E-state index contributed by atoms with van der Waals surface area (Å²) in [7, 11) is 1.54. The minimum atomic E-state index is -0.904. The molecule has 0 heterocycles. The lowest BCUT2D eigenvalue weighted by Crippen LogP contribution is -2.42. The first-order valence-electron chi connectivity index (χ1n) is 6.88. The zero-order valence-electron chi connectivity index (χ0n) is 12.5. The molecule has 1 saturated carbocycles. The summed E-state index contributed by atoms with van der Waals surface area (Å²) >= 11 is 0. The predicted octanol–water partition coefficient (Wildman–Crippen LogP) is 3.20. The zero-order valence-corrected chi connectivity index (χ0v) is 12.5. The number of hydrogen-bond acceptors (Lipinski definition) is 3. The molecular formula is C16H22O4. The van der Waals surface area contributed by atoms with Crippen molar-refractivity contribution in [3.63, 3.8) is 0 Å². The van der Waals surface area contributed by atoms with Crippen LogP contribution >= 0.6 is 0 Å². The van der Waals surface area contributed by atoms with Gasteiger partial charge in [-0.05, 0) is 30.4 Å². The lowest BCUT2D eigenvalue weighted by molar-refractivity contribution is -0.147. The highest BCUT2D eigenvalue weighted by Gasteiger charge is 2.48. The van der Waals surface area contributed by atoms with E-state index < -0.39 is 11.4 Å². The molecule has 1 fully saturated rings. The van der Waals surface area contributed by atoms with E-state index in [1.54, 1.807) is 12.1 Å². The number of rotatable bonds is 3. The molecule has 2 rings (SSSR count). The minimum Gasteiger partial charge on any atom is -0.508 e. The van der Waals surface area contributed by atoms with Gasteiger partial charge in [0.25, 0.3) is 0 Å². The van der Waals surface area contributed by atoms with Crippen LogP contribution in [0.1, 0.15) is 51.2 Å². The number of aliphatic carboxylic acids is 1. The summed E-state index contributed by atoms with van der Waals surface area (Å²) in [5.74, 6) is -0.152. The number of aromatic hydroxyl groups is 1. The smallest absolute Gasteiger partial charge is 0.314 e. The van der Waals surface area contributed by atoms with Gasteiger partial charge in [0.05, 0.1) is 12.5 Å². The largest absolute Gasteiger partial charge is 0.508 e. The maximum absolute atomic E-state index is 11.6. The van der Waals surface area contributed by atoms with Crippen molar-refractivity contribution in [2.45, 2.75) is 50.9 Å². The third-order valence-electron chi connectivity index (χ3n) is 4.26. The summed E-state index contributed by atoms with van der Waals surface area (Å²) in [5, 5.41) is 19.8. The van der Waals surface area contributed by atoms with Crippen LogP contribution in [0, 0.1) is 0 Å². The highest BCUT2D eigenvalue weighted by atomic mass is 16.5. The second-order valence-electron chi connectivity index (χ2n) is 6.56. The van der Waals surface area contributed by atoms with E-state index >= 15 is 0 Å². The van der Waals surface area contributed by atoms with Crippen molar-refractivity contribution in [2.75, 3.05) is 7.11 Å². The van der Waals surface area contributed by atoms with E-state index in [2.05, 4.69) is 0 Å². The van der Waals surface area contributed by atoms with Crippen LogP contribution in [0.2, 0.25) is 0 Å². The van der Waals surface area contributed by atoms with Crippen molar-refractivity contribution in [3.05, 3.63) is 23.3 Å². The molecule has 0 aliphatic heterocycles. The summed E-state index contributed by atoms with van der Waals surface area (Å²) in [6.07, 6.45) is 2.07. The van der Waals surface area contributed by atoms with Gasteiger partial charge in [-0.15, -0.1) is 0 Å². The quantitative estimate of drug-likeness (QED) is 0.891. The van der Waals surface area contributed by atoms with E-state index in [1.165, 1.54) is 7.11 Å². The molecule has 1 aliphatic carbocycles. The van der Waals surface area contributed by atoms with Gasteiger partial charge in [0, 0.05) is 11.1 Å². The molecule has 1 aliphatic rings. The van der Waals surface area contributed by atoms with Crippen molar-refractivity contribution >= 4 is 5.97 Å². The minimum absolute atomic E-state index is 0.140. The molecule has 0 unspecified atom stereocenters. The maximum atomic E-state index is 11.6. The van der Waals surface area contributed by atoms with Gasteiger partial charge in [-0.2, -0.15) is 0 Å². The summed E-state index contributed by atoms with van der Waals surface area (Å²) < 4.78 is 5.39. The average Bonchev–Trinajstić information content (AvgIpc) is 2.25. The molecule has 0 bridgehead atoms. The van der Waals surface area contributed by atoms with E-state index in [9.17, 15) is 15.0 Å². The lowest BCUT2D eigenvalue weighted by atomic mass is 9.63. The molecule has 0 aromatic heterocycles. The Balaban J connectivity index is 2.61. The Morgan fingerprint density at radius 2 is 1.90 bits per heavy atom. The fraction of sp³-hybridized carbons (Fsp3) is 0.562. The molecule has 0 atom stereocenters. The molecule has 4 heteroatoms. The fourth-order valence-electron chi connectivity index (χ4n) is 2.84. The van der Waals surface area contributed by atoms with E-state index in [1.807, 2.05) is 20.8 Å². The number of carboxylic acids is 1. The first kappa shape index (κ1) is 14.7. The Morgan fingerprint density at radius 3 is 2.25 bits per heavy atom. The van der Waals surface area contributed by atoms with Gasteiger partial charge >= 0.3 is 5.97 Å². The number of carboxylic acid groups (broad SMARTS) is 1. The third-order valence-corrected chi connectivity index (χ3v) is 4.26. The number of carbonyl (C=O) groups is 1. The van der Waals surface area contributed by atoms with Crippen LogP contribution in [0.5, 0.6) is 11.5 Å². The van der Waals surface area contributed by atoms with Crippen LogP contribution in [-0.2, 0) is 15.6 Å². The van der Waals surface area contributed by atoms with Crippen LogP contribution in [0.25, 0.3) is 0 Å². The van der Waals surface area contributed by atoms with Crippen LogP contribution in [0.3, 0.4) is 0 Å². The average molecular weight is 278 g/mol. The summed E-state index contributed by atoms with van der Waals surface area (Å²) in [4.78, 5) is 11.6. The first-order valence-corrected chi connectivity index (χ1v) is 6.88. The number of phenolic OH excluding ortho intramolecular Hbond substituents is 1. The fourth-order valence-corrected chi connectivity index (χ4v) is 2.84. The van der Waals surface area contributed by atoms with Crippen LogP contribution in [-0.4, -0.2) is 23.3 Å². The standard InChI is InChI=1S/C16H22O4/c1-15(2,3)10-9-13(20-4)11(8-12(10)17)16(14(18)19)6-5-7-16/h8-9,17H,5-7H2,1-4H3,(H,18,19). The lowest BCUT2D eigenvalue weighted by Gasteiger charge is -2.39. The van der Waals surface area contributed by atoms with E-state index in [0.29, 0.717) is 24.2 Å². The van der Waals surface area contributed by atoms with Gasteiger partial charge in [-0.25, -0.2) is 0 Å². The van der Waals surface area contributed by atoms with Gasteiger partial charge in [0.2, 0.25) is 0 Å². The van der Waals surface area contributed by atoms with Crippen LogP contribution < -0.4 is 4.74 Å². The first-order chi connectivity index (χ1) is 9.22. The number of methoxy groups -OCH3 is 1. The topological polar surface area (TPSA) is 66.8 Å². The zero-order chi connectivity index (χ0) is 15.1. The van der Waals surface area contributed by atoms with E-state index in [4.69, 9.17) is 4.74 Å². The number of ether oxygens (including phenoxy) is 1. The highest BCUT2D eigenvalue weighted by molar-refractivity contribution is 5.84. The molecule has 0 radical (unpaired) electrons. The van der Waals surface area contributed by atoms with Gasteiger partial charge in [0.15, 0.2) is 0 Å². The van der Waals surface area contributed by atoms with Gasteiger partial charge in [0.1, 0.15) is 11.5 Å². The molecule has 0 saturated heterocycles. The normalized spacial score (nSPS) is 17.4. The molecule has 4 nitrogen and oxygen atoms in total. The second-order valence-corrected chi connectivity index (χ2v) is 6.56. The summed E-state index contributed by atoms with van der Waals surface area (Å²) in [6, 6.07) is 3.35. The van der Waals surface area contributed by atoms with E-state index in [0.717, 1.165) is 12.0 Å². The second kappa shape index (κ2) is 4.69. The number of hydrogen-bond donors (Lipinski definition) is 2. The Kier molecular flexibility index (Phi) is 3.44. The highest BCUT2D eigenvalue weighted by Crippen LogP contribution is 2.49. The van der Waals surface area contributed by atoms with Crippen molar-refractivity contribution in [2.24, 2.45) is 0 Å². The van der Waals surface area contributed by atoms with E-state index in [-0.39, 0.29) is 11.2 Å². The monoisotopic (exact) mass is 278 g/mol. The van der Waals surface area contributed by atoms with Crippen LogP contribution in [0.15, 0.2) is 12.1 Å². The van der Waals surface area contributed by atoms with Crippen LogP contribution in [0.4, 0.5) is 0 Å². The molecule has 1 aromatic carbocycles. The van der Waals surface area contributed by atoms with Crippen molar-refractivity contribution in [3.8, 4) is 11.5 Å². The Hall–Kier alpha value is -1.71. The summed E-state index contributed by atoms with van der Waals surface area (Å²) in [5.41, 5.74) is 0.215. The molecule has 1 aromatic rings. The number of benzene rings is 1. The predicted molar refractivity (Wildman–Crippen MR) is 76.5 cm³/mol. The van der Waals surface area contributed by atoms with Crippen molar-refractivity contribution in [1.82, 2.24) is 0 Å². The number of phenols is 1. The summed E-state index contributed by atoms with van der Waals surface area (Å²) in [6.45, 7) is 5.99. The van der Waals surface area contributed by atoms with Crippen molar-refractivity contribution < 1.29 is 19.7 Å².